The van der Waals surface area contributed by atoms with Gasteiger partial charge in [-0.1, -0.05) is 20.8 Å². The van der Waals surface area contributed by atoms with E-state index in [0.717, 1.165) is 0 Å². The van der Waals surface area contributed by atoms with Crippen LogP contribution in [-0.2, 0) is 14.0 Å². The molecule has 0 spiro atoms. The number of nitrogens with zero attached hydrogens (tertiary/aromatic N) is 2. The third-order valence-electron chi connectivity index (χ3n) is 4.94. The van der Waals surface area contributed by atoms with Gasteiger partial charge in [0.25, 0.3) is 0 Å². The van der Waals surface area contributed by atoms with Crippen LogP contribution in [0.5, 0.6) is 0 Å². The van der Waals surface area contributed by atoms with Crippen LogP contribution in [-0.4, -0.2) is 81.2 Å². The largest absolute Gasteiger partial charge is 0.465 e. The van der Waals surface area contributed by atoms with Gasteiger partial charge >= 0.3 is 6.09 Å². The zero-order chi connectivity index (χ0) is 18.7. The monoisotopic (exact) mass is 360 g/mol. The van der Waals surface area contributed by atoms with E-state index in [9.17, 15) is 14.7 Å². The summed E-state index contributed by atoms with van der Waals surface area (Å²) in [5, 5.41) is 9.42. The van der Waals surface area contributed by atoms with Crippen molar-refractivity contribution in [1.82, 2.24) is 9.80 Å². The molecule has 0 aromatic heterocycles. The van der Waals surface area contributed by atoms with Gasteiger partial charge in [-0.25, -0.2) is 4.79 Å². The second-order valence-electron chi connectivity index (χ2n) is 8.02. The number of likely N-dealkylation sites (tertiary alicyclic amines) is 1. The van der Waals surface area contributed by atoms with Gasteiger partial charge < -0.3 is 19.2 Å². The van der Waals surface area contributed by atoms with E-state index in [2.05, 4.69) is 33.9 Å². The van der Waals surface area contributed by atoms with Crippen molar-refractivity contribution in [3.63, 3.8) is 0 Å². The van der Waals surface area contributed by atoms with Crippen LogP contribution >= 0.6 is 0 Å². The minimum atomic E-state index is -1.80. The van der Waals surface area contributed by atoms with Crippen molar-refractivity contribution in [2.24, 2.45) is 0 Å². The van der Waals surface area contributed by atoms with E-state index in [4.69, 9.17) is 9.16 Å². The summed E-state index contributed by atoms with van der Waals surface area (Å²) in [6, 6.07) is -0.663. The van der Waals surface area contributed by atoms with Crippen LogP contribution < -0.4 is 0 Å². The van der Waals surface area contributed by atoms with Gasteiger partial charge in [-0.05, 0) is 18.1 Å². The number of carbonyl (C=O) groups excluding carboxylic acids is 1. The molecule has 1 aliphatic rings. The quantitative estimate of drug-likeness (QED) is 0.580. The Hall–Kier alpha value is -1.12. The smallest absolute Gasteiger partial charge is 0.408 e. The van der Waals surface area contributed by atoms with Crippen LogP contribution in [0.1, 0.15) is 27.2 Å². The van der Waals surface area contributed by atoms with Crippen molar-refractivity contribution in [2.45, 2.75) is 57.5 Å². The second kappa shape index (κ2) is 7.84. The maximum absolute atomic E-state index is 12.1. The second-order valence-corrected chi connectivity index (χ2v) is 12.8. The topological polar surface area (TPSA) is 79.3 Å². The van der Waals surface area contributed by atoms with Crippen molar-refractivity contribution < 1.29 is 23.9 Å². The van der Waals surface area contributed by atoms with Gasteiger partial charge in [-0.15, -0.1) is 0 Å². The van der Waals surface area contributed by atoms with E-state index in [1.807, 2.05) is 0 Å². The van der Waals surface area contributed by atoms with E-state index in [1.165, 1.54) is 9.80 Å². The van der Waals surface area contributed by atoms with E-state index in [1.54, 1.807) is 14.1 Å². The fraction of sp³-hybridized carbons (Fsp3) is 0.875. The maximum Gasteiger partial charge on any atom is 0.408 e. The molecule has 1 rings (SSSR count). The van der Waals surface area contributed by atoms with Gasteiger partial charge in [0.1, 0.15) is 6.04 Å². The van der Waals surface area contributed by atoms with Crippen LogP contribution in [0.3, 0.4) is 0 Å². The van der Waals surface area contributed by atoms with Gasteiger partial charge in [0.15, 0.2) is 8.32 Å². The van der Waals surface area contributed by atoms with Crippen LogP contribution in [0.2, 0.25) is 18.1 Å². The summed E-state index contributed by atoms with van der Waals surface area (Å²) < 4.78 is 11.8. The normalized spacial score (nSPS) is 21.9. The average Bonchev–Trinajstić information content (AvgIpc) is 2.85. The minimum absolute atomic E-state index is 0.143. The molecule has 140 valence electrons. The third-order valence-corrected chi connectivity index (χ3v) is 9.48. The van der Waals surface area contributed by atoms with Crippen LogP contribution in [0.15, 0.2) is 0 Å². The lowest BCUT2D eigenvalue weighted by atomic mass is 10.2. The molecule has 7 nitrogen and oxygen atoms in total. The Balaban J connectivity index is 2.50. The summed E-state index contributed by atoms with van der Waals surface area (Å²) in [7, 11) is 1.45. The molecule has 0 aromatic carbocycles. The van der Waals surface area contributed by atoms with Crippen molar-refractivity contribution in [2.75, 3.05) is 33.9 Å². The zero-order valence-corrected chi connectivity index (χ0v) is 17.0. The fourth-order valence-electron chi connectivity index (χ4n) is 2.39. The molecule has 1 heterocycles. The highest BCUT2D eigenvalue weighted by Crippen LogP contribution is 2.36. The Bertz CT molecular complexity index is 462. The molecule has 0 bridgehead atoms. The van der Waals surface area contributed by atoms with Crippen molar-refractivity contribution in [1.29, 1.82) is 0 Å². The molecule has 2 amide bonds. The summed E-state index contributed by atoms with van der Waals surface area (Å²) in [6.07, 6.45) is -0.958. The standard InChI is InChI=1S/C16H32N2O5Si/c1-16(2,3)24(6,7)23-9-8-22-12-10-13(14(19)17(4)5)18(11-12)15(20)21/h12-13H,8-11H2,1-7H3,(H,20,21)/t12-,13+/m1/s1. The summed E-state index contributed by atoms with van der Waals surface area (Å²) >= 11 is 0. The SMILES string of the molecule is CN(C)C(=O)[C@@H]1C[C@@H](OCCO[Si](C)(C)C(C)(C)C)CN1C(=O)O. The Morgan fingerprint density at radius 3 is 2.29 bits per heavy atom. The molecule has 2 atom stereocenters. The first kappa shape index (κ1) is 20.9. The Morgan fingerprint density at radius 2 is 1.83 bits per heavy atom. The number of likely N-dealkylation sites (N-methyl/N-ethyl adjacent to an activating group) is 1. The molecule has 8 heteroatoms. The Kier molecular flexibility index (Phi) is 6.83. The molecule has 0 aromatic rings. The molecule has 1 saturated heterocycles. The molecule has 0 aliphatic carbocycles. The van der Waals surface area contributed by atoms with Crippen molar-refractivity contribution in [3.05, 3.63) is 0 Å². The van der Waals surface area contributed by atoms with Gasteiger partial charge in [0.05, 0.1) is 25.9 Å². The van der Waals surface area contributed by atoms with E-state index in [-0.39, 0.29) is 23.6 Å². The molecule has 0 saturated carbocycles. The Labute approximate surface area is 146 Å². The van der Waals surface area contributed by atoms with Crippen molar-refractivity contribution >= 4 is 20.3 Å². The van der Waals surface area contributed by atoms with E-state index < -0.39 is 20.5 Å². The maximum atomic E-state index is 12.1. The van der Waals surface area contributed by atoms with Gasteiger partial charge in [-0.3, -0.25) is 9.69 Å². The molecule has 1 fully saturated rings. The zero-order valence-electron chi connectivity index (χ0n) is 16.0. The molecular formula is C16H32N2O5Si. The molecule has 24 heavy (non-hydrogen) atoms. The molecular weight excluding hydrogens is 328 g/mol. The first-order valence-electron chi connectivity index (χ1n) is 8.33. The highest BCUT2D eigenvalue weighted by atomic mass is 28.4. The molecule has 1 N–H and O–H groups in total. The Morgan fingerprint density at radius 1 is 1.25 bits per heavy atom. The van der Waals surface area contributed by atoms with Gasteiger partial charge in [-0.2, -0.15) is 0 Å². The number of carbonyl (C=O) groups is 2. The first-order chi connectivity index (χ1) is 10.9. The minimum Gasteiger partial charge on any atom is -0.465 e. The first-order valence-corrected chi connectivity index (χ1v) is 11.2. The van der Waals surface area contributed by atoms with E-state index in [0.29, 0.717) is 19.6 Å². The number of rotatable bonds is 6. The number of ether oxygens (including phenoxy) is 1. The highest BCUT2D eigenvalue weighted by molar-refractivity contribution is 6.74. The summed E-state index contributed by atoms with van der Waals surface area (Å²) in [5.41, 5.74) is 0. The van der Waals surface area contributed by atoms with E-state index >= 15 is 0 Å². The highest BCUT2D eigenvalue weighted by Gasteiger charge is 2.41. The number of hydrogen-bond acceptors (Lipinski definition) is 4. The lowest BCUT2D eigenvalue weighted by Crippen LogP contribution is -2.44. The van der Waals surface area contributed by atoms with Crippen molar-refractivity contribution in [3.8, 4) is 0 Å². The third kappa shape index (κ3) is 5.19. The summed E-state index contributed by atoms with van der Waals surface area (Å²) in [5.74, 6) is -0.207. The van der Waals surface area contributed by atoms with Crippen LogP contribution in [0, 0.1) is 0 Å². The average molecular weight is 361 g/mol. The summed E-state index contributed by atoms with van der Waals surface area (Å²) in [4.78, 5) is 26.0. The number of amides is 2. The lowest BCUT2D eigenvalue weighted by molar-refractivity contribution is -0.133. The number of carboxylic acid groups (broad SMARTS) is 1. The number of hydrogen-bond donors (Lipinski definition) is 1. The molecule has 1 aliphatic heterocycles. The predicted molar refractivity (Wildman–Crippen MR) is 94.7 cm³/mol. The van der Waals surface area contributed by atoms with Gasteiger partial charge in [0.2, 0.25) is 5.91 Å². The molecule has 0 unspecified atom stereocenters. The fourth-order valence-corrected chi connectivity index (χ4v) is 3.42. The molecule has 0 radical (unpaired) electrons. The predicted octanol–water partition coefficient (Wildman–Crippen LogP) is 2.23. The van der Waals surface area contributed by atoms with Crippen LogP contribution in [0.25, 0.3) is 0 Å². The lowest BCUT2D eigenvalue weighted by Gasteiger charge is -2.36. The van der Waals surface area contributed by atoms with Gasteiger partial charge in [0, 0.05) is 20.5 Å². The van der Waals surface area contributed by atoms with Crippen LogP contribution in [0.4, 0.5) is 4.79 Å². The summed E-state index contributed by atoms with van der Waals surface area (Å²) in [6.45, 7) is 12.0.